The second-order valence-corrected chi connectivity index (χ2v) is 5.92. The van der Waals surface area contributed by atoms with E-state index in [1.165, 1.54) is 6.07 Å². The molecule has 0 aliphatic carbocycles. The first-order valence-corrected chi connectivity index (χ1v) is 8.63. The molecule has 0 fully saturated rings. The number of benzene rings is 2. The van der Waals surface area contributed by atoms with Crippen molar-refractivity contribution in [3.8, 4) is 11.5 Å². The maximum absolute atomic E-state index is 12.3. The summed E-state index contributed by atoms with van der Waals surface area (Å²) in [6.07, 6.45) is 1.84. The van der Waals surface area contributed by atoms with E-state index in [1.807, 2.05) is 0 Å². The third-order valence-corrected chi connectivity index (χ3v) is 3.90. The second kappa shape index (κ2) is 9.00. The van der Waals surface area contributed by atoms with E-state index < -0.39 is 11.6 Å². The van der Waals surface area contributed by atoms with Crippen molar-refractivity contribution in [1.82, 2.24) is 0 Å². The van der Waals surface area contributed by atoms with Gasteiger partial charge < -0.3 is 18.6 Å². The Bertz CT molecular complexity index is 958. The van der Waals surface area contributed by atoms with Crippen LogP contribution in [0.3, 0.4) is 0 Å². The van der Waals surface area contributed by atoms with Crippen molar-refractivity contribution in [2.45, 2.75) is 12.8 Å². The molecule has 0 unspecified atom stereocenters. The molecule has 0 saturated carbocycles. The van der Waals surface area contributed by atoms with Crippen LogP contribution in [0, 0.1) is 0 Å². The molecule has 0 bridgehead atoms. The maximum atomic E-state index is 12.3. The van der Waals surface area contributed by atoms with Crippen molar-refractivity contribution >= 4 is 16.9 Å². The standard InChI is InChI=1S/C21H20O6/c1-24-12-2-3-13-25-17-7-4-15(5-8-17)21(23)26-18-9-10-19-16(14-18)6-11-20(22)27-19/h4-11,14H,2-3,12-13H2,1H3. The number of carbonyl (C=O) groups excluding carboxylic acids is 1. The van der Waals surface area contributed by atoms with Gasteiger partial charge in [-0.2, -0.15) is 0 Å². The molecule has 0 radical (unpaired) electrons. The zero-order valence-corrected chi connectivity index (χ0v) is 15.0. The summed E-state index contributed by atoms with van der Waals surface area (Å²) in [5, 5.41) is 0.678. The summed E-state index contributed by atoms with van der Waals surface area (Å²) in [6, 6.07) is 14.6. The summed E-state index contributed by atoms with van der Waals surface area (Å²) in [7, 11) is 1.67. The molecule has 0 spiro atoms. The van der Waals surface area contributed by atoms with Gasteiger partial charge in [0.2, 0.25) is 0 Å². The van der Waals surface area contributed by atoms with Crippen LogP contribution >= 0.6 is 0 Å². The molecule has 0 aliphatic rings. The molecule has 3 aromatic rings. The molecule has 27 heavy (non-hydrogen) atoms. The molecule has 1 aromatic heterocycles. The van der Waals surface area contributed by atoms with Crippen LogP contribution in [-0.2, 0) is 4.74 Å². The molecular formula is C21H20O6. The van der Waals surface area contributed by atoms with Gasteiger partial charge in [0, 0.05) is 25.2 Å². The van der Waals surface area contributed by atoms with Gasteiger partial charge in [0.1, 0.15) is 17.1 Å². The third-order valence-electron chi connectivity index (χ3n) is 3.90. The van der Waals surface area contributed by atoms with Gasteiger partial charge in [-0.05, 0) is 61.4 Å². The lowest BCUT2D eigenvalue weighted by Crippen LogP contribution is -2.08. The van der Waals surface area contributed by atoms with Crippen LogP contribution in [0.5, 0.6) is 11.5 Å². The van der Waals surface area contributed by atoms with Crippen LogP contribution in [-0.4, -0.2) is 26.3 Å². The average molecular weight is 368 g/mol. The molecule has 0 aliphatic heterocycles. The fraction of sp³-hybridized carbons (Fsp3) is 0.238. The second-order valence-electron chi connectivity index (χ2n) is 5.92. The molecule has 0 saturated heterocycles. The van der Waals surface area contributed by atoms with E-state index in [2.05, 4.69) is 0 Å². The highest BCUT2D eigenvalue weighted by Gasteiger charge is 2.10. The minimum Gasteiger partial charge on any atom is -0.494 e. The summed E-state index contributed by atoms with van der Waals surface area (Å²) in [5.74, 6) is 0.600. The van der Waals surface area contributed by atoms with Crippen molar-refractivity contribution in [2.24, 2.45) is 0 Å². The number of hydrogen-bond donors (Lipinski definition) is 0. The lowest BCUT2D eigenvalue weighted by molar-refractivity contribution is 0.0735. The van der Waals surface area contributed by atoms with Gasteiger partial charge >= 0.3 is 11.6 Å². The molecule has 0 atom stereocenters. The van der Waals surface area contributed by atoms with E-state index in [-0.39, 0.29) is 0 Å². The molecule has 1 heterocycles. The summed E-state index contributed by atoms with van der Waals surface area (Å²) < 4.78 is 21.1. The van der Waals surface area contributed by atoms with Crippen LogP contribution in [0.1, 0.15) is 23.2 Å². The highest BCUT2D eigenvalue weighted by molar-refractivity contribution is 5.91. The average Bonchev–Trinajstić information content (AvgIpc) is 2.68. The highest BCUT2D eigenvalue weighted by atomic mass is 16.5. The minimum atomic E-state index is -0.474. The Morgan fingerprint density at radius 3 is 2.44 bits per heavy atom. The van der Waals surface area contributed by atoms with E-state index in [9.17, 15) is 9.59 Å². The largest absolute Gasteiger partial charge is 0.494 e. The number of unbranched alkanes of at least 4 members (excludes halogenated alkanes) is 1. The Morgan fingerprint density at radius 2 is 1.67 bits per heavy atom. The molecule has 140 valence electrons. The van der Waals surface area contributed by atoms with Crippen molar-refractivity contribution in [3.63, 3.8) is 0 Å². The number of fused-ring (bicyclic) bond motifs is 1. The summed E-state index contributed by atoms with van der Waals surface area (Å²) in [4.78, 5) is 23.5. The van der Waals surface area contributed by atoms with Gasteiger partial charge in [-0.1, -0.05) is 0 Å². The normalized spacial score (nSPS) is 10.7. The van der Waals surface area contributed by atoms with Gasteiger partial charge in [0.25, 0.3) is 0 Å². The van der Waals surface area contributed by atoms with Crippen molar-refractivity contribution in [1.29, 1.82) is 0 Å². The smallest absolute Gasteiger partial charge is 0.343 e. The van der Waals surface area contributed by atoms with Crippen LogP contribution in [0.25, 0.3) is 11.0 Å². The van der Waals surface area contributed by atoms with Crippen LogP contribution in [0.4, 0.5) is 0 Å². The fourth-order valence-corrected chi connectivity index (χ4v) is 2.51. The zero-order valence-electron chi connectivity index (χ0n) is 15.0. The zero-order chi connectivity index (χ0) is 19.1. The minimum absolute atomic E-state index is 0.375. The first-order chi connectivity index (χ1) is 13.2. The molecule has 2 aromatic carbocycles. The fourth-order valence-electron chi connectivity index (χ4n) is 2.51. The molecular weight excluding hydrogens is 348 g/mol. The van der Waals surface area contributed by atoms with Crippen molar-refractivity contribution in [2.75, 3.05) is 20.3 Å². The van der Waals surface area contributed by atoms with E-state index in [0.717, 1.165) is 19.4 Å². The molecule has 6 nitrogen and oxygen atoms in total. The molecule has 0 amide bonds. The van der Waals surface area contributed by atoms with Gasteiger partial charge in [-0.15, -0.1) is 0 Å². The summed E-state index contributed by atoms with van der Waals surface area (Å²) in [6.45, 7) is 1.31. The monoisotopic (exact) mass is 368 g/mol. The molecule has 6 heteroatoms. The topological polar surface area (TPSA) is 75.0 Å². The first-order valence-electron chi connectivity index (χ1n) is 8.63. The van der Waals surface area contributed by atoms with Gasteiger partial charge in [0.05, 0.1) is 12.2 Å². The van der Waals surface area contributed by atoms with Crippen LogP contribution in [0.15, 0.2) is 63.8 Å². The number of hydrogen-bond acceptors (Lipinski definition) is 6. The number of esters is 1. The van der Waals surface area contributed by atoms with Gasteiger partial charge in [-0.3, -0.25) is 0 Å². The Morgan fingerprint density at radius 1 is 0.926 bits per heavy atom. The SMILES string of the molecule is COCCCCOc1ccc(C(=O)Oc2ccc3oc(=O)ccc3c2)cc1. The number of carbonyl (C=O) groups is 1. The van der Waals surface area contributed by atoms with Crippen LogP contribution in [0.2, 0.25) is 0 Å². The Balaban J connectivity index is 1.59. The summed E-state index contributed by atoms with van der Waals surface area (Å²) >= 11 is 0. The maximum Gasteiger partial charge on any atom is 0.343 e. The van der Waals surface area contributed by atoms with Crippen molar-refractivity contribution in [3.05, 3.63) is 70.6 Å². The van der Waals surface area contributed by atoms with Gasteiger partial charge in [0.15, 0.2) is 0 Å². The Hall–Kier alpha value is -3.12. The Labute approximate surface area is 156 Å². The van der Waals surface area contributed by atoms with Crippen LogP contribution < -0.4 is 15.1 Å². The quantitative estimate of drug-likeness (QED) is 0.260. The van der Waals surface area contributed by atoms with E-state index in [4.69, 9.17) is 18.6 Å². The predicted octanol–water partition coefficient (Wildman–Crippen LogP) is 3.82. The molecule has 0 N–H and O–H groups in total. The van der Waals surface area contributed by atoms with Crippen molar-refractivity contribution < 1.29 is 23.4 Å². The van der Waals surface area contributed by atoms with E-state index in [0.29, 0.717) is 34.6 Å². The lowest BCUT2D eigenvalue weighted by atomic mass is 10.2. The Kier molecular flexibility index (Phi) is 6.22. The number of methoxy groups -OCH3 is 1. The van der Waals surface area contributed by atoms with E-state index >= 15 is 0 Å². The molecule has 3 rings (SSSR count). The van der Waals surface area contributed by atoms with E-state index in [1.54, 1.807) is 55.6 Å². The lowest BCUT2D eigenvalue weighted by Gasteiger charge is -2.08. The first kappa shape index (κ1) is 18.7. The van der Waals surface area contributed by atoms with Gasteiger partial charge in [-0.25, -0.2) is 9.59 Å². The number of ether oxygens (including phenoxy) is 3. The third kappa shape index (κ3) is 5.18. The highest BCUT2D eigenvalue weighted by Crippen LogP contribution is 2.21. The summed E-state index contributed by atoms with van der Waals surface area (Å²) in [5.41, 5.74) is 0.434. The predicted molar refractivity (Wildman–Crippen MR) is 100 cm³/mol. The number of rotatable bonds is 8.